The molecule has 1 aliphatic rings. The maximum absolute atomic E-state index is 13.2. The molecule has 7 nitrogen and oxygen atoms in total. The Morgan fingerprint density at radius 2 is 1.46 bits per heavy atom. The zero-order valence-corrected chi connectivity index (χ0v) is 25.1. The van der Waals surface area contributed by atoms with Gasteiger partial charge < -0.3 is 24.2 Å². The van der Waals surface area contributed by atoms with Crippen LogP contribution in [0.1, 0.15) is 88.8 Å². The number of hydrogen-bond acceptors (Lipinski definition) is 6. The van der Waals surface area contributed by atoms with Gasteiger partial charge in [0.15, 0.2) is 5.60 Å². The fourth-order valence-corrected chi connectivity index (χ4v) is 5.45. The number of esters is 1. The molecule has 1 heterocycles. The Morgan fingerprint density at radius 1 is 0.919 bits per heavy atom. The van der Waals surface area contributed by atoms with E-state index in [-0.39, 0.29) is 52.9 Å². The Balaban J connectivity index is 0.00000380. The second kappa shape index (κ2) is 10.6. The number of phenols is 1. The third kappa shape index (κ3) is 5.26. The third-order valence-corrected chi connectivity index (χ3v) is 7.15. The molecule has 0 spiro atoms. The first-order chi connectivity index (χ1) is 16.8. The van der Waals surface area contributed by atoms with Crippen LogP contribution in [0.25, 0.3) is 0 Å². The van der Waals surface area contributed by atoms with Gasteiger partial charge in [0.05, 0.1) is 5.56 Å². The normalized spacial score (nSPS) is 18.3. The van der Waals surface area contributed by atoms with Crippen LogP contribution in [0.15, 0.2) is 48.5 Å². The number of benzene rings is 3. The van der Waals surface area contributed by atoms with Crippen LogP contribution in [0.4, 0.5) is 0 Å². The molecule has 0 bridgehead atoms. The van der Waals surface area contributed by atoms with Crippen LogP contribution in [-0.2, 0) is 14.9 Å². The van der Waals surface area contributed by atoms with Crippen LogP contribution >= 0.6 is 7.82 Å². The summed E-state index contributed by atoms with van der Waals surface area (Å²) in [6.45, 7) is 11.3. The number of aromatic hydroxyl groups is 1. The van der Waals surface area contributed by atoms with Gasteiger partial charge in [0.2, 0.25) is 0 Å². The van der Waals surface area contributed by atoms with E-state index in [1.165, 1.54) is 0 Å². The molecule has 0 amide bonds. The summed E-state index contributed by atoms with van der Waals surface area (Å²) in [6.07, 6.45) is 0. The van der Waals surface area contributed by atoms with Crippen molar-refractivity contribution in [2.75, 3.05) is 0 Å². The van der Waals surface area contributed by atoms with E-state index in [0.29, 0.717) is 38.9 Å². The second-order valence-corrected chi connectivity index (χ2v) is 11.0. The van der Waals surface area contributed by atoms with Crippen molar-refractivity contribution < 1.29 is 63.1 Å². The molecule has 0 aromatic heterocycles. The Labute approximate surface area is 239 Å². The van der Waals surface area contributed by atoms with Crippen molar-refractivity contribution in [1.82, 2.24) is 0 Å². The minimum Gasteiger partial charge on any atom is -0.746 e. The Bertz CT molecular complexity index is 1410. The molecule has 0 saturated heterocycles. The molecule has 0 fully saturated rings. The molecule has 2 atom stereocenters. The number of rotatable bonds is 6. The van der Waals surface area contributed by atoms with E-state index in [9.17, 15) is 24.3 Å². The van der Waals surface area contributed by atoms with E-state index in [4.69, 9.17) is 9.26 Å². The zero-order valence-electron chi connectivity index (χ0n) is 22.2. The van der Waals surface area contributed by atoms with Gasteiger partial charge in [-0.25, -0.2) is 4.79 Å². The first-order valence-corrected chi connectivity index (χ1v) is 13.3. The van der Waals surface area contributed by atoms with E-state index in [2.05, 4.69) is 0 Å². The summed E-state index contributed by atoms with van der Waals surface area (Å²) in [6, 6.07) is 14.1. The maximum atomic E-state index is 13.2. The van der Waals surface area contributed by atoms with Gasteiger partial charge in [0.25, 0.3) is 0 Å². The molecular formula is C28H30NaO7P. The van der Waals surface area contributed by atoms with Crippen molar-refractivity contribution in [3.63, 3.8) is 0 Å². The van der Waals surface area contributed by atoms with E-state index < -0.39 is 19.4 Å². The molecule has 4 rings (SSSR count). The molecule has 2 N–H and O–H groups in total. The SMILES string of the molecule is Cc1cc(O)c(C(C)C)cc1C1(c2cc(C(C)C)c(OP(=O)([O-])O)cc2C)OC(=O)c2ccccc21.[Na+]. The Morgan fingerprint density at radius 3 is 2.03 bits per heavy atom. The van der Waals surface area contributed by atoms with Crippen LogP contribution in [0, 0.1) is 13.8 Å². The molecule has 37 heavy (non-hydrogen) atoms. The number of phenolic OH excluding ortho intramolecular Hbond substituents is 1. The van der Waals surface area contributed by atoms with Crippen LogP contribution in [0.5, 0.6) is 11.5 Å². The molecule has 1 aliphatic heterocycles. The number of aryl methyl sites for hydroxylation is 2. The number of phosphoric acid groups is 1. The average molecular weight is 533 g/mol. The van der Waals surface area contributed by atoms with Crippen molar-refractivity contribution >= 4 is 13.8 Å². The second-order valence-electron chi connectivity index (χ2n) is 9.92. The first-order valence-electron chi connectivity index (χ1n) is 11.8. The molecule has 0 radical (unpaired) electrons. The summed E-state index contributed by atoms with van der Waals surface area (Å²) in [4.78, 5) is 34.1. The van der Waals surface area contributed by atoms with Crippen molar-refractivity contribution in [3.8, 4) is 11.5 Å². The van der Waals surface area contributed by atoms with Gasteiger partial charge in [-0.05, 0) is 78.3 Å². The standard InChI is InChI=1S/C28H31O7P.Na/c1-15(2)20-13-23(17(5)11-25(20)29)28(22-10-8-7-9-19(22)27(30)34-28)24-14-21(16(3)4)26(12-18(24)6)35-36(31,32)33;/h7-16,29H,1-6H3,(H2,31,32,33);/q;+1/p-1. The number of fused-ring (bicyclic) bond motifs is 1. The summed E-state index contributed by atoms with van der Waals surface area (Å²) >= 11 is 0. The topological polar surface area (TPSA) is 116 Å². The predicted octanol–water partition coefficient (Wildman–Crippen LogP) is 2.56. The number of carbonyl (C=O) groups excluding carboxylic acids is 1. The number of hydrogen-bond donors (Lipinski definition) is 2. The maximum Gasteiger partial charge on any atom is 1.00 e. The van der Waals surface area contributed by atoms with Crippen LogP contribution in [0.2, 0.25) is 0 Å². The molecule has 190 valence electrons. The molecule has 2 unspecified atom stereocenters. The molecule has 3 aromatic carbocycles. The summed E-state index contributed by atoms with van der Waals surface area (Å²) in [5.41, 5.74) is 3.65. The van der Waals surface area contributed by atoms with E-state index in [0.717, 1.165) is 5.56 Å². The molecule has 0 saturated carbocycles. The van der Waals surface area contributed by atoms with Gasteiger partial charge in [0, 0.05) is 16.7 Å². The van der Waals surface area contributed by atoms with Crippen molar-refractivity contribution in [2.24, 2.45) is 0 Å². The summed E-state index contributed by atoms with van der Waals surface area (Å²) in [5, 5.41) is 10.6. The number of cyclic esters (lactones) is 1. The van der Waals surface area contributed by atoms with E-state index >= 15 is 0 Å². The number of carbonyl (C=O) groups is 1. The average Bonchev–Trinajstić information content (AvgIpc) is 3.05. The number of ether oxygens (including phenoxy) is 1. The summed E-state index contributed by atoms with van der Waals surface area (Å²) < 4.78 is 22.8. The quantitative estimate of drug-likeness (QED) is 0.285. The summed E-state index contributed by atoms with van der Waals surface area (Å²) in [7, 11) is -5.05. The Hall–Kier alpha value is -2.12. The van der Waals surface area contributed by atoms with Crippen LogP contribution < -0.4 is 39.0 Å². The predicted molar refractivity (Wildman–Crippen MR) is 134 cm³/mol. The fourth-order valence-electron chi connectivity index (χ4n) is 5.05. The molecular weight excluding hydrogens is 502 g/mol. The molecule has 9 heteroatoms. The smallest absolute Gasteiger partial charge is 0.746 e. The first kappa shape index (κ1) is 29.4. The molecule has 0 aliphatic carbocycles. The largest absolute Gasteiger partial charge is 1.00 e. The van der Waals surface area contributed by atoms with Crippen molar-refractivity contribution in [3.05, 3.63) is 93.0 Å². The van der Waals surface area contributed by atoms with Crippen LogP contribution in [0.3, 0.4) is 0 Å². The zero-order chi connectivity index (χ0) is 26.6. The van der Waals surface area contributed by atoms with Gasteiger partial charge in [-0.3, -0.25) is 4.57 Å². The Kier molecular flexibility index (Phi) is 8.41. The van der Waals surface area contributed by atoms with Gasteiger partial charge >= 0.3 is 43.3 Å². The van der Waals surface area contributed by atoms with Crippen molar-refractivity contribution in [2.45, 2.75) is 59.0 Å². The minimum absolute atomic E-state index is 0. The van der Waals surface area contributed by atoms with Crippen LogP contribution in [-0.4, -0.2) is 16.0 Å². The van der Waals surface area contributed by atoms with E-state index in [1.54, 1.807) is 37.3 Å². The number of phosphoric ester groups is 1. The van der Waals surface area contributed by atoms with Crippen molar-refractivity contribution in [1.29, 1.82) is 0 Å². The minimum atomic E-state index is -5.05. The summed E-state index contributed by atoms with van der Waals surface area (Å²) in [5.74, 6) is -0.467. The van der Waals surface area contributed by atoms with Gasteiger partial charge in [-0.1, -0.05) is 45.9 Å². The van der Waals surface area contributed by atoms with Gasteiger partial charge in [-0.2, -0.15) is 0 Å². The monoisotopic (exact) mass is 532 g/mol. The van der Waals surface area contributed by atoms with E-state index in [1.807, 2.05) is 52.8 Å². The third-order valence-electron chi connectivity index (χ3n) is 6.72. The van der Waals surface area contributed by atoms with Gasteiger partial charge in [-0.15, -0.1) is 0 Å². The molecule has 3 aromatic rings. The van der Waals surface area contributed by atoms with Gasteiger partial charge in [0.1, 0.15) is 11.5 Å². The fraction of sp³-hybridized carbons (Fsp3) is 0.321.